The van der Waals surface area contributed by atoms with Crippen molar-refractivity contribution in [2.75, 3.05) is 6.54 Å². The van der Waals surface area contributed by atoms with Crippen LogP contribution >= 0.6 is 7.75 Å². The number of rotatable bonds is 7. The molecule has 27 heavy (non-hydrogen) atoms. The second-order valence-corrected chi connectivity index (χ2v) is 7.61. The summed E-state index contributed by atoms with van der Waals surface area (Å²) in [6.45, 7) is 1.47. The summed E-state index contributed by atoms with van der Waals surface area (Å²) in [5.74, 6) is -12.4. The highest BCUT2D eigenvalue weighted by Crippen LogP contribution is 2.47. The van der Waals surface area contributed by atoms with Crippen LogP contribution in [0.3, 0.4) is 0 Å². The Hall–Kier alpha value is -2.12. The maximum absolute atomic E-state index is 13.8. The minimum Gasteiger partial charge on any atom is -0.405 e. The molecule has 3 rings (SSSR count). The lowest BCUT2D eigenvalue weighted by atomic mass is 10.1. The highest BCUT2D eigenvalue weighted by molar-refractivity contribution is 7.52. The van der Waals surface area contributed by atoms with E-state index in [1.165, 1.54) is 19.1 Å². The van der Waals surface area contributed by atoms with Gasteiger partial charge in [0.2, 0.25) is 34.8 Å². The van der Waals surface area contributed by atoms with Crippen molar-refractivity contribution < 1.29 is 35.6 Å². The fourth-order valence-electron chi connectivity index (χ4n) is 2.42. The summed E-state index contributed by atoms with van der Waals surface area (Å²) in [5, 5.41) is 2.25. The highest BCUT2D eigenvalue weighted by atomic mass is 31.2. The van der Waals surface area contributed by atoms with Gasteiger partial charge in [-0.1, -0.05) is 19.1 Å². The summed E-state index contributed by atoms with van der Waals surface area (Å²) in [6.07, 6.45) is 2.14. The fraction of sp³-hybridized carbons (Fsp3) is 0.294. The molecule has 0 bridgehead atoms. The first kappa shape index (κ1) is 19.6. The highest BCUT2D eigenvalue weighted by Gasteiger charge is 2.35. The molecule has 2 aromatic rings. The van der Waals surface area contributed by atoms with Crippen LogP contribution in [0.15, 0.2) is 24.3 Å². The van der Waals surface area contributed by atoms with Gasteiger partial charge in [0.1, 0.15) is 5.75 Å². The predicted octanol–water partition coefficient (Wildman–Crippen LogP) is 5.43. The molecule has 4 nitrogen and oxygen atoms in total. The number of halogens is 5. The van der Waals surface area contributed by atoms with Crippen molar-refractivity contribution in [1.29, 1.82) is 0 Å². The maximum Gasteiger partial charge on any atom is 0.513 e. The van der Waals surface area contributed by atoms with Crippen LogP contribution in [0.4, 0.5) is 22.0 Å². The van der Waals surface area contributed by atoms with Crippen molar-refractivity contribution in [3.63, 3.8) is 0 Å². The van der Waals surface area contributed by atoms with Gasteiger partial charge in [-0.3, -0.25) is 0 Å². The molecule has 1 saturated carbocycles. The maximum atomic E-state index is 13.8. The zero-order valence-electron chi connectivity index (χ0n) is 14.1. The summed E-state index contributed by atoms with van der Waals surface area (Å²) in [6, 6.07) is 6.45. The van der Waals surface area contributed by atoms with Gasteiger partial charge in [-0.25, -0.2) is 22.8 Å². The molecule has 1 fully saturated rings. The molecule has 0 heterocycles. The summed E-state index contributed by atoms with van der Waals surface area (Å²) in [7, 11) is -4.48. The lowest BCUT2D eigenvalue weighted by molar-refractivity contribution is 0.320. The van der Waals surface area contributed by atoms with Crippen molar-refractivity contribution in [3.05, 3.63) is 58.9 Å². The topological polar surface area (TPSA) is 47.6 Å². The third kappa shape index (κ3) is 4.09. The third-order valence-corrected chi connectivity index (χ3v) is 5.46. The van der Waals surface area contributed by atoms with Gasteiger partial charge in [-0.05, 0) is 36.5 Å². The van der Waals surface area contributed by atoms with E-state index in [4.69, 9.17) is 4.52 Å². The molecule has 0 aromatic heterocycles. The molecule has 0 aliphatic heterocycles. The molecule has 0 spiro atoms. The minimum atomic E-state index is -4.48. The third-order valence-electron chi connectivity index (χ3n) is 3.89. The van der Waals surface area contributed by atoms with Crippen molar-refractivity contribution in [2.45, 2.75) is 25.7 Å². The van der Waals surface area contributed by atoms with Gasteiger partial charge in [0.15, 0.2) is 0 Å². The van der Waals surface area contributed by atoms with Gasteiger partial charge in [0.25, 0.3) is 0 Å². The zero-order valence-corrected chi connectivity index (χ0v) is 15.0. The monoisotopic (exact) mass is 407 g/mol. The molecule has 1 unspecified atom stereocenters. The zero-order chi connectivity index (χ0) is 19.8. The second kappa shape index (κ2) is 7.48. The van der Waals surface area contributed by atoms with Crippen LogP contribution in [0.25, 0.3) is 0 Å². The summed E-state index contributed by atoms with van der Waals surface area (Å²) in [5.41, 5.74) is 1.06. The number of hydrogen-bond donors (Lipinski definition) is 1. The normalized spacial score (nSPS) is 16.1. The quantitative estimate of drug-likeness (QED) is 0.288. The second-order valence-electron chi connectivity index (χ2n) is 5.93. The Morgan fingerprint density at radius 1 is 0.926 bits per heavy atom. The first-order valence-electron chi connectivity index (χ1n) is 8.11. The van der Waals surface area contributed by atoms with E-state index in [2.05, 4.69) is 9.61 Å². The first-order chi connectivity index (χ1) is 12.8. The molecule has 0 saturated heterocycles. The van der Waals surface area contributed by atoms with Gasteiger partial charge >= 0.3 is 7.75 Å². The molecule has 0 radical (unpaired) electrons. The Labute approximate surface area is 151 Å². The molecule has 1 atom stereocenters. The lowest BCUT2D eigenvalue weighted by Crippen LogP contribution is -2.19. The number of nitrogens with one attached hydrogen (secondary N) is 1. The van der Waals surface area contributed by atoms with E-state index in [1.54, 1.807) is 12.1 Å². The Morgan fingerprint density at radius 3 is 1.93 bits per heavy atom. The van der Waals surface area contributed by atoms with Crippen molar-refractivity contribution >= 4 is 7.75 Å². The first-order valence-corrected chi connectivity index (χ1v) is 9.65. The molecular formula is C17H15F5NO3P. The average Bonchev–Trinajstić information content (AvgIpc) is 3.48. The van der Waals surface area contributed by atoms with Gasteiger partial charge in [0.05, 0.1) is 0 Å². The van der Waals surface area contributed by atoms with Crippen LogP contribution < -0.4 is 14.1 Å². The van der Waals surface area contributed by atoms with Crippen molar-refractivity contribution in [2.24, 2.45) is 0 Å². The Balaban J connectivity index is 1.89. The molecule has 146 valence electrons. The van der Waals surface area contributed by atoms with E-state index >= 15 is 0 Å². The minimum absolute atomic E-state index is 0.0210. The number of benzene rings is 2. The SMILES string of the molecule is CCNP(=O)(Oc1ccc(C2CC2)cc1)Oc1c(F)c(F)c(F)c(F)c1F. The van der Waals surface area contributed by atoms with Gasteiger partial charge in [-0.2, -0.15) is 8.78 Å². The molecular weight excluding hydrogens is 392 g/mol. The van der Waals surface area contributed by atoms with E-state index in [9.17, 15) is 26.5 Å². The standard InChI is InChI=1S/C17H15F5NO3P/c1-2-23-27(24,25-11-7-5-10(6-8-11)9-3-4-9)26-17-15(21)13(19)12(18)14(20)16(17)22/h5-9H,2-4H2,1H3,(H,23,24). The van der Waals surface area contributed by atoms with Crippen LogP contribution in [-0.2, 0) is 4.57 Å². The Morgan fingerprint density at radius 2 is 1.44 bits per heavy atom. The summed E-state index contributed by atoms with van der Waals surface area (Å²) in [4.78, 5) is 0. The van der Waals surface area contributed by atoms with E-state index in [0.717, 1.165) is 18.4 Å². The van der Waals surface area contributed by atoms with Crippen LogP contribution in [0.5, 0.6) is 11.5 Å². The van der Waals surface area contributed by atoms with Crippen molar-refractivity contribution in [3.8, 4) is 11.5 Å². The number of hydrogen-bond acceptors (Lipinski definition) is 3. The largest absolute Gasteiger partial charge is 0.513 e. The van der Waals surface area contributed by atoms with Crippen LogP contribution in [-0.4, -0.2) is 6.54 Å². The molecule has 1 aliphatic carbocycles. The fourth-order valence-corrected chi connectivity index (χ4v) is 3.77. The summed E-state index contributed by atoms with van der Waals surface area (Å²) >= 11 is 0. The molecule has 1 aliphatic rings. The van der Waals surface area contributed by atoms with E-state index in [0.29, 0.717) is 5.92 Å². The Kier molecular flexibility index (Phi) is 5.44. The van der Waals surface area contributed by atoms with E-state index in [-0.39, 0.29) is 12.3 Å². The molecule has 10 heteroatoms. The smallest absolute Gasteiger partial charge is 0.405 e. The molecule has 2 aromatic carbocycles. The van der Waals surface area contributed by atoms with Crippen LogP contribution in [0.1, 0.15) is 31.2 Å². The van der Waals surface area contributed by atoms with E-state index < -0.39 is 42.6 Å². The van der Waals surface area contributed by atoms with Gasteiger partial charge in [0, 0.05) is 6.54 Å². The molecule has 1 N–H and O–H groups in total. The average molecular weight is 407 g/mol. The van der Waals surface area contributed by atoms with Crippen LogP contribution in [0.2, 0.25) is 0 Å². The summed E-state index contributed by atoms with van der Waals surface area (Å²) < 4.78 is 90.0. The van der Waals surface area contributed by atoms with Crippen molar-refractivity contribution in [1.82, 2.24) is 5.09 Å². The van der Waals surface area contributed by atoms with Gasteiger partial charge < -0.3 is 9.05 Å². The lowest BCUT2D eigenvalue weighted by Gasteiger charge is -2.20. The van der Waals surface area contributed by atoms with Gasteiger partial charge in [-0.15, -0.1) is 0 Å². The Bertz CT molecular complexity index is 873. The molecule has 0 amide bonds. The van der Waals surface area contributed by atoms with Crippen LogP contribution in [0, 0.1) is 29.1 Å². The predicted molar refractivity (Wildman–Crippen MR) is 87.2 cm³/mol. The van der Waals surface area contributed by atoms with E-state index in [1.807, 2.05) is 0 Å².